The summed E-state index contributed by atoms with van der Waals surface area (Å²) in [5.41, 5.74) is 4.02. The van der Waals surface area contributed by atoms with E-state index in [4.69, 9.17) is 4.98 Å². The van der Waals surface area contributed by atoms with E-state index >= 15 is 0 Å². The summed E-state index contributed by atoms with van der Waals surface area (Å²) in [6, 6.07) is 21.1. The Bertz CT molecular complexity index is 751. The van der Waals surface area contributed by atoms with Crippen molar-refractivity contribution in [1.82, 2.24) is 4.98 Å². The van der Waals surface area contributed by atoms with Crippen molar-refractivity contribution in [2.24, 2.45) is 0 Å². The molecule has 0 atom stereocenters. The number of halogens is 1. The summed E-state index contributed by atoms with van der Waals surface area (Å²) in [5.74, 6) is -0.172. The molecule has 110 valence electrons. The maximum atomic E-state index is 14.6. The van der Waals surface area contributed by atoms with Gasteiger partial charge < -0.3 is 0 Å². The Morgan fingerprint density at radius 1 is 0.864 bits per heavy atom. The van der Waals surface area contributed by atoms with E-state index in [1.54, 1.807) is 6.07 Å². The Morgan fingerprint density at radius 3 is 2.05 bits per heavy atom. The lowest BCUT2D eigenvalue weighted by molar-refractivity contribution is 0.606. The van der Waals surface area contributed by atoms with Gasteiger partial charge in [-0.1, -0.05) is 74.0 Å². The molecule has 0 bridgehead atoms. The van der Waals surface area contributed by atoms with E-state index in [1.165, 1.54) is 0 Å². The van der Waals surface area contributed by atoms with Gasteiger partial charge in [0.1, 0.15) is 5.82 Å². The summed E-state index contributed by atoms with van der Waals surface area (Å²) in [4.78, 5) is 4.75. The molecule has 3 rings (SSSR count). The maximum Gasteiger partial charge on any atom is 0.130 e. The minimum atomic E-state index is -0.172. The molecule has 0 aliphatic rings. The van der Waals surface area contributed by atoms with Crippen LogP contribution in [0.5, 0.6) is 0 Å². The smallest absolute Gasteiger partial charge is 0.130 e. The van der Waals surface area contributed by atoms with Crippen LogP contribution in [0.3, 0.4) is 0 Å². The van der Waals surface area contributed by atoms with Crippen molar-refractivity contribution in [2.45, 2.75) is 19.8 Å². The largest absolute Gasteiger partial charge is 0.247 e. The highest BCUT2D eigenvalue weighted by molar-refractivity contribution is 5.69. The second-order valence-corrected chi connectivity index (χ2v) is 5.30. The normalized spacial score (nSPS) is 10.6. The van der Waals surface area contributed by atoms with Crippen molar-refractivity contribution in [2.75, 3.05) is 0 Å². The Kier molecular flexibility index (Phi) is 4.29. The first-order chi connectivity index (χ1) is 10.8. The summed E-state index contributed by atoms with van der Waals surface area (Å²) < 4.78 is 14.6. The highest BCUT2D eigenvalue weighted by atomic mass is 19.1. The third-order valence-electron chi connectivity index (χ3n) is 3.69. The van der Waals surface area contributed by atoms with Gasteiger partial charge in [0.25, 0.3) is 0 Å². The Morgan fingerprint density at radius 2 is 1.45 bits per heavy atom. The minimum Gasteiger partial charge on any atom is -0.247 e. The predicted molar refractivity (Wildman–Crippen MR) is 89.1 cm³/mol. The van der Waals surface area contributed by atoms with Crippen LogP contribution in [0.1, 0.15) is 18.9 Å². The third-order valence-corrected chi connectivity index (χ3v) is 3.69. The van der Waals surface area contributed by atoms with Crippen molar-refractivity contribution >= 4 is 0 Å². The summed E-state index contributed by atoms with van der Waals surface area (Å²) in [6.07, 6.45) is 1.58. The molecule has 0 saturated heterocycles. The van der Waals surface area contributed by atoms with E-state index in [9.17, 15) is 4.39 Å². The molecule has 1 aromatic heterocycles. The Balaban J connectivity index is 2.19. The van der Waals surface area contributed by atoms with Crippen molar-refractivity contribution in [3.63, 3.8) is 0 Å². The fraction of sp³-hybridized carbons (Fsp3) is 0.150. The highest BCUT2D eigenvalue weighted by Gasteiger charge is 2.14. The van der Waals surface area contributed by atoms with Gasteiger partial charge >= 0.3 is 0 Å². The van der Waals surface area contributed by atoms with E-state index in [0.717, 1.165) is 23.2 Å². The molecule has 22 heavy (non-hydrogen) atoms. The fourth-order valence-electron chi connectivity index (χ4n) is 2.62. The van der Waals surface area contributed by atoms with Crippen molar-refractivity contribution in [3.05, 3.63) is 78.1 Å². The standard InChI is InChI=1S/C20H18FN/c1-2-9-17-18(21)14-19(15-10-5-3-6-11-15)22-20(17)16-12-7-4-8-13-16/h3-8,10-14H,2,9H2,1H3. The molecule has 0 aliphatic heterocycles. The van der Waals surface area contributed by atoms with Crippen LogP contribution in [-0.2, 0) is 6.42 Å². The minimum absolute atomic E-state index is 0.172. The number of aromatic nitrogens is 1. The number of rotatable bonds is 4. The van der Waals surface area contributed by atoms with Gasteiger partial charge in [-0.15, -0.1) is 0 Å². The van der Waals surface area contributed by atoms with Crippen LogP contribution in [-0.4, -0.2) is 4.98 Å². The molecular weight excluding hydrogens is 273 g/mol. The van der Waals surface area contributed by atoms with Crippen molar-refractivity contribution in [1.29, 1.82) is 0 Å². The monoisotopic (exact) mass is 291 g/mol. The van der Waals surface area contributed by atoms with E-state index in [2.05, 4.69) is 6.92 Å². The van der Waals surface area contributed by atoms with Crippen LogP contribution >= 0.6 is 0 Å². The zero-order valence-corrected chi connectivity index (χ0v) is 12.6. The first-order valence-electron chi connectivity index (χ1n) is 7.60. The van der Waals surface area contributed by atoms with Crippen LogP contribution in [0, 0.1) is 5.82 Å². The van der Waals surface area contributed by atoms with Crippen LogP contribution in [0.15, 0.2) is 66.7 Å². The molecular formula is C20H18FN. The molecule has 2 aromatic carbocycles. The Hall–Kier alpha value is -2.48. The molecule has 2 heteroatoms. The molecule has 0 spiro atoms. The summed E-state index contributed by atoms with van der Waals surface area (Å²) in [7, 11) is 0. The second-order valence-electron chi connectivity index (χ2n) is 5.30. The molecule has 0 radical (unpaired) electrons. The van der Waals surface area contributed by atoms with Gasteiger partial charge in [0.15, 0.2) is 0 Å². The van der Waals surface area contributed by atoms with Gasteiger partial charge in [-0.3, -0.25) is 0 Å². The van der Waals surface area contributed by atoms with Gasteiger partial charge in [0.2, 0.25) is 0 Å². The van der Waals surface area contributed by atoms with Gasteiger partial charge in [0, 0.05) is 22.8 Å². The second kappa shape index (κ2) is 6.52. The average Bonchev–Trinajstić information content (AvgIpc) is 2.58. The highest BCUT2D eigenvalue weighted by Crippen LogP contribution is 2.29. The van der Waals surface area contributed by atoms with Gasteiger partial charge in [0.05, 0.1) is 11.4 Å². The lowest BCUT2D eigenvalue weighted by Crippen LogP contribution is -2.00. The topological polar surface area (TPSA) is 12.9 Å². The molecule has 0 aliphatic carbocycles. The van der Waals surface area contributed by atoms with Crippen LogP contribution in [0.4, 0.5) is 4.39 Å². The molecule has 0 N–H and O–H groups in total. The molecule has 0 fully saturated rings. The average molecular weight is 291 g/mol. The first-order valence-corrected chi connectivity index (χ1v) is 7.60. The van der Waals surface area contributed by atoms with Crippen LogP contribution < -0.4 is 0 Å². The molecule has 0 amide bonds. The van der Waals surface area contributed by atoms with E-state index in [0.29, 0.717) is 17.7 Å². The SMILES string of the molecule is CCCc1c(F)cc(-c2ccccc2)nc1-c1ccccc1. The van der Waals surface area contributed by atoms with Gasteiger partial charge in [-0.25, -0.2) is 9.37 Å². The van der Waals surface area contributed by atoms with Crippen LogP contribution in [0.2, 0.25) is 0 Å². The lowest BCUT2D eigenvalue weighted by Gasteiger charge is -2.12. The molecule has 0 saturated carbocycles. The van der Waals surface area contributed by atoms with Crippen molar-refractivity contribution < 1.29 is 4.39 Å². The molecule has 0 unspecified atom stereocenters. The predicted octanol–water partition coefficient (Wildman–Crippen LogP) is 5.51. The molecule has 1 heterocycles. The van der Waals surface area contributed by atoms with E-state index < -0.39 is 0 Å². The van der Waals surface area contributed by atoms with Gasteiger partial charge in [-0.2, -0.15) is 0 Å². The summed E-state index contributed by atoms with van der Waals surface area (Å²) in [6.45, 7) is 2.05. The van der Waals surface area contributed by atoms with E-state index in [-0.39, 0.29) is 5.82 Å². The van der Waals surface area contributed by atoms with Crippen LogP contribution in [0.25, 0.3) is 22.5 Å². The summed E-state index contributed by atoms with van der Waals surface area (Å²) in [5, 5.41) is 0. The number of nitrogens with zero attached hydrogens (tertiary/aromatic N) is 1. The third kappa shape index (κ3) is 2.91. The number of benzene rings is 2. The number of pyridine rings is 1. The van der Waals surface area contributed by atoms with Gasteiger partial charge in [-0.05, 0) is 6.42 Å². The Labute approximate surface area is 130 Å². The quantitative estimate of drug-likeness (QED) is 0.618. The summed E-state index contributed by atoms with van der Waals surface area (Å²) >= 11 is 0. The zero-order valence-electron chi connectivity index (χ0n) is 12.6. The maximum absolute atomic E-state index is 14.6. The van der Waals surface area contributed by atoms with Crippen molar-refractivity contribution in [3.8, 4) is 22.5 Å². The number of hydrogen-bond acceptors (Lipinski definition) is 1. The zero-order chi connectivity index (χ0) is 15.4. The molecule has 3 aromatic rings. The lowest BCUT2D eigenvalue weighted by atomic mass is 10.00. The fourth-order valence-corrected chi connectivity index (χ4v) is 2.62. The first kappa shape index (κ1) is 14.5. The van der Waals surface area contributed by atoms with E-state index in [1.807, 2.05) is 60.7 Å². The molecule has 1 nitrogen and oxygen atoms in total. The number of hydrogen-bond donors (Lipinski definition) is 0.